The predicted molar refractivity (Wildman–Crippen MR) is 114 cm³/mol. The van der Waals surface area contributed by atoms with E-state index in [9.17, 15) is 14.4 Å². The molecule has 0 aromatic heterocycles. The largest absolute Gasteiger partial charge is 0.325 e. The van der Waals surface area contributed by atoms with Crippen molar-refractivity contribution in [2.45, 2.75) is 31.7 Å². The molecular weight excluding hydrogens is 376 g/mol. The number of rotatable bonds is 4. The van der Waals surface area contributed by atoms with Gasteiger partial charge in [-0.1, -0.05) is 54.6 Å². The van der Waals surface area contributed by atoms with E-state index in [0.717, 1.165) is 40.5 Å². The van der Waals surface area contributed by atoms with Gasteiger partial charge in [0.2, 0.25) is 0 Å². The molecule has 3 amide bonds. The Balaban J connectivity index is 1.45. The van der Waals surface area contributed by atoms with Gasteiger partial charge in [0.25, 0.3) is 5.91 Å². The fourth-order valence-electron chi connectivity index (χ4n) is 4.66. The molecule has 1 heterocycles. The Morgan fingerprint density at radius 1 is 1.00 bits per heavy atom. The molecule has 3 aromatic rings. The maximum atomic E-state index is 13.3. The van der Waals surface area contributed by atoms with Gasteiger partial charge in [0.05, 0.1) is 6.54 Å². The average Bonchev–Trinajstić information content (AvgIpc) is 3.31. The van der Waals surface area contributed by atoms with Crippen molar-refractivity contribution in [3.63, 3.8) is 0 Å². The van der Waals surface area contributed by atoms with Crippen LogP contribution in [-0.2, 0) is 23.2 Å². The smallest absolute Gasteiger partial charge is 0.319 e. The van der Waals surface area contributed by atoms with Crippen molar-refractivity contribution in [1.29, 1.82) is 0 Å². The first kappa shape index (κ1) is 18.6. The average molecular weight is 398 g/mol. The second kappa shape index (κ2) is 6.80. The van der Waals surface area contributed by atoms with Gasteiger partial charge in [-0.05, 0) is 59.7 Å². The van der Waals surface area contributed by atoms with Gasteiger partial charge in [0.1, 0.15) is 5.54 Å². The molecule has 1 N–H and O–H groups in total. The standard InChI is InChI=1S/C25H22N2O3/c1-25(21-11-5-8-17-6-2-3-10-20(17)21)23(29)27(24(30)26-25)15-22(28)19-13-12-16-7-4-9-18(16)14-19/h2-3,5-6,8,10-14H,4,7,9,15H2,1H3,(H,26,30)/t25-/m0/s1. The lowest BCUT2D eigenvalue weighted by Crippen LogP contribution is -2.41. The lowest BCUT2D eigenvalue weighted by Gasteiger charge is -2.24. The van der Waals surface area contributed by atoms with Crippen molar-refractivity contribution in [3.8, 4) is 0 Å². The van der Waals surface area contributed by atoms with Crippen molar-refractivity contribution >= 4 is 28.5 Å². The third-order valence-corrected chi connectivity index (χ3v) is 6.33. The Bertz CT molecular complexity index is 1210. The van der Waals surface area contributed by atoms with Crippen LogP contribution in [0.25, 0.3) is 10.8 Å². The summed E-state index contributed by atoms with van der Waals surface area (Å²) in [6.07, 6.45) is 3.11. The van der Waals surface area contributed by atoms with Crippen molar-refractivity contribution in [1.82, 2.24) is 10.2 Å². The van der Waals surface area contributed by atoms with Crippen LogP contribution in [0.5, 0.6) is 0 Å². The maximum absolute atomic E-state index is 13.3. The molecule has 5 heteroatoms. The number of hydrogen-bond donors (Lipinski definition) is 1. The molecule has 1 fully saturated rings. The fraction of sp³-hybridized carbons (Fsp3) is 0.240. The van der Waals surface area contributed by atoms with Crippen LogP contribution >= 0.6 is 0 Å². The Kier molecular flexibility index (Phi) is 4.21. The number of amides is 3. The van der Waals surface area contributed by atoms with Gasteiger partial charge < -0.3 is 5.32 Å². The number of fused-ring (bicyclic) bond motifs is 2. The van der Waals surface area contributed by atoms with E-state index >= 15 is 0 Å². The predicted octanol–water partition coefficient (Wildman–Crippen LogP) is 3.98. The first-order valence-corrected chi connectivity index (χ1v) is 10.2. The number of Topliss-reactive ketones (excluding diaryl/α,β-unsaturated/α-hetero) is 1. The van der Waals surface area contributed by atoms with Gasteiger partial charge in [-0.25, -0.2) is 4.79 Å². The summed E-state index contributed by atoms with van der Waals surface area (Å²) >= 11 is 0. The van der Waals surface area contributed by atoms with Crippen LogP contribution in [0, 0.1) is 0 Å². The van der Waals surface area contributed by atoms with Gasteiger partial charge in [-0.3, -0.25) is 14.5 Å². The third-order valence-electron chi connectivity index (χ3n) is 6.33. The fourth-order valence-corrected chi connectivity index (χ4v) is 4.66. The molecule has 0 radical (unpaired) electrons. The second-order valence-corrected chi connectivity index (χ2v) is 8.23. The number of nitrogens with zero attached hydrogens (tertiary/aromatic N) is 1. The van der Waals surface area contributed by atoms with E-state index in [1.165, 1.54) is 11.1 Å². The normalized spacial score (nSPS) is 20.5. The molecule has 5 nitrogen and oxygen atoms in total. The molecule has 1 aliphatic heterocycles. The van der Waals surface area contributed by atoms with E-state index < -0.39 is 17.5 Å². The summed E-state index contributed by atoms with van der Waals surface area (Å²) in [7, 11) is 0. The zero-order valence-electron chi connectivity index (χ0n) is 16.8. The zero-order chi connectivity index (χ0) is 20.9. The lowest BCUT2D eigenvalue weighted by atomic mass is 9.87. The van der Waals surface area contributed by atoms with E-state index in [1.807, 2.05) is 54.6 Å². The van der Waals surface area contributed by atoms with E-state index in [4.69, 9.17) is 0 Å². The molecule has 1 atom stereocenters. The van der Waals surface area contributed by atoms with Gasteiger partial charge >= 0.3 is 6.03 Å². The minimum absolute atomic E-state index is 0.227. The summed E-state index contributed by atoms with van der Waals surface area (Å²) in [5, 5.41) is 4.72. The molecule has 150 valence electrons. The van der Waals surface area contributed by atoms with Gasteiger partial charge in [0.15, 0.2) is 5.78 Å². The number of urea groups is 1. The Morgan fingerprint density at radius 3 is 2.63 bits per heavy atom. The number of benzene rings is 3. The topological polar surface area (TPSA) is 66.5 Å². The third kappa shape index (κ3) is 2.81. The molecular formula is C25H22N2O3. The van der Waals surface area contributed by atoms with Gasteiger partial charge in [0, 0.05) is 5.56 Å². The highest BCUT2D eigenvalue weighted by Crippen LogP contribution is 2.34. The van der Waals surface area contributed by atoms with Crippen LogP contribution in [0.1, 0.15) is 40.4 Å². The summed E-state index contributed by atoms with van der Waals surface area (Å²) in [6, 6.07) is 18.6. The molecule has 0 bridgehead atoms. The first-order valence-electron chi connectivity index (χ1n) is 10.2. The minimum atomic E-state index is -1.21. The first-order chi connectivity index (χ1) is 14.5. The van der Waals surface area contributed by atoms with Crippen LogP contribution < -0.4 is 5.32 Å². The van der Waals surface area contributed by atoms with Crippen molar-refractivity contribution in [2.24, 2.45) is 0 Å². The van der Waals surface area contributed by atoms with Gasteiger partial charge in [-0.2, -0.15) is 0 Å². The number of carbonyl (C=O) groups is 3. The highest BCUT2D eigenvalue weighted by molar-refractivity contribution is 6.12. The monoisotopic (exact) mass is 398 g/mol. The molecule has 0 unspecified atom stereocenters. The van der Waals surface area contributed by atoms with Crippen molar-refractivity contribution < 1.29 is 14.4 Å². The quantitative estimate of drug-likeness (QED) is 0.534. The minimum Gasteiger partial charge on any atom is -0.319 e. The molecule has 0 spiro atoms. The Labute approximate surface area is 174 Å². The van der Waals surface area contributed by atoms with Crippen LogP contribution in [0.15, 0.2) is 60.7 Å². The second-order valence-electron chi connectivity index (χ2n) is 8.23. The van der Waals surface area contributed by atoms with E-state index in [1.54, 1.807) is 13.0 Å². The number of imide groups is 1. The van der Waals surface area contributed by atoms with E-state index in [2.05, 4.69) is 5.32 Å². The number of hydrogen-bond acceptors (Lipinski definition) is 3. The summed E-state index contributed by atoms with van der Waals surface area (Å²) < 4.78 is 0. The molecule has 0 saturated carbocycles. The Morgan fingerprint density at radius 2 is 1.77 bits per heavy atom. The molecule has 2 aliphatic rings. The maximum Gasteiger partial charge on any atom is 0.325 e. The van der Waals surface area contributed by atoms with Crippen LogP contribution in [-0.4, -0.2) is 29.2 Å². The lowest BCUT2D eigenvalue weighted by molar-refractivity contribution is -0.130. The number of carbonyl (C=O) groups excluding carboxylic acids is 3. The molecule has 3 aromatic carbocycles. The summed E-state index contributed by atoms with van der Waals surface area (Å²) in [6.45, 7) is 1.44. The van der Waals surface area contributed by atoms with Gasteiger partial charge in [-0.15, -0.1) is 0 Å². The van der Waals surface area contributed by atoms with Crippen molar-refractivity contribution in [2.75, 3.05) is 6.54 Å². The molecule has 30 heavy (non-hydrogen) atoms. The van der Waals surface area contributed by atoms with Crippen molar-refractivity contribution in [3.05, 3.63) is 82.9 Å². The SMILES string of the molecule is C[C@@]1(c2cccc3ccccc23)NC(=O)N(CC(=O)c2ccc3c(c2)CCC3)C1=O. The molecule has 5 rings (SSSR count). The summed E-state index contributed by atoms with van der Waals surface area (Å²) in [4.78, 5) is 39.9. The molecule has 1 saturated heterocycles. The highest BCUT2D eigenvalue weighted by atomic mass is 16.2. The van der Waals surface area contributed by atoms with E-state index in [0.29, 0.717) is 5.56 Å². The van der Waals surface area contributed by atoms with Crippen LogP contribution in [0.2, 0.25) is 0 Å². The van der Waals surface area contributed by atoms with E-state index in [-0.39, 0.29) is 12.3 Å². The van der Waals surface area contributed by atoms with Crippen LogP contribution in [0.4, 0.5) is 4.79 Å². The molecule has 1 aliphatic carbocycles. The van der Waals surface area contributed by atoms with Crippen LogP contribution in [0.3, 0.4) is 0 Å². The highest BCUT2D eigenvalue weighted by Gasteiger charge is 2.50. The number of aryl methyl sites for hydroxylation is 2. The number of nitrogens with one attached hydrogen (secondary N) is 1. The number of ketones is 1. The summed E-state index contributed by atoms with van der Waals surface area (Å²) in [5.74, 6) is -0.631. The Hall–Kier alpha value is -3.47. The zero-order valence-corrected chi connectivity index (χ0v) is 16.8. The summed E-state index contributed by atoms with van der Waals surface area (Å²) in [5.41, 5.74) is 2.54.